The summed E-state index contributed by atoms with van der Waals surface area (Å²) in [5, 5.41) is 12.2. The molecule has 0 heterocycles. The van der Waals surface area contributed by atoms with Crippen LogP contribution in [0.25, 0.3) is 0 Å². The second-order valence-corrected chi connectivity index (χ2v) is 19.6. The van der Waals surface area contributed by atoms with E-state index in [1.807, 2.05) is 0 Å². The average molecular weight is 980 g/mol. The van der Waals surface area contributed by atoms with E-state index in [9.17, 15) is 33.9 Å². The molecule has 16 heteroatoms. The number of carbonyl (C=O) groups is 6. The highest BCUT2D eigenvalue weighted by molar-refractivity contribution is 5.90. The van der Waals surface area contributed by atoms with Crippen LogP contribution < -0.4 is 17.2 Å². The van der Waals surface area contributed by atoms with Gasteiger partial charge in [-0.15, -0.1) is 0 Å². The van der Waals surface area contributed by atoms with Crippen LogP contribution in [0.2, 0.25) is 0 Å². The third-order valence-electron chi connectivity index (χ3n) is 13.5. The molecule has 3 atom stereocenters. The van der Waals surface area contributed by atoms with Gasteiger partial charge in [-0.3, -0.25) is 33.7 Å². The predicted octanol–water partition coefficient (Wildman–Crippen LogP) is 6.50. The number of unbranched alkanes of at least 4 members (excludes halogenated alkanes) is 16. The summed E-state index contributed by atoms with van der Waals surface area (Å²) >= 11 is 0. The van der Waals surface area contributed by atoms with Crippen LogP contribution in [0, 0.1) is 11.8 Å². The van der Waals surface area contributed by atoms with E-state index in [1.165, 1.54) is 67.6 Å². The van der Waals surface area contributed by atoms with Crippen molar-refractivity contribution in [3.8, 4) is 0 Å². The number of hydrogen-bond donors (Lipinski definition) is 4. The van der Waals surface area contributed by atoms with Crippen molar-refractivity contribution in [2.24, 2.45) is 29.0 Å². The number of aliphatic hydroxyl groups is 1. The largest absolute Gasteiger partial charge is 0.376 e. The Hall–Kier alpha value is -3.34. The molecule has 16 nitrogen and oxygen atoms in total. The van der Waals surface area contributed by atoms with Gasteiger partial charge in [-0.05, 0) is 37.5 Å². The zero-order chi connectivity index (χ0) is 51.7. The SMILES string of the molecule is CCCCCCCCCCN(C=O)CC(=O)N(CC(CC)CCCC)CC(O)N(CCCCCCCCCC)CC(=O)N(CC(=O)N(CCN)CC(=O)N(CCN)CC(N)=O)CC(CC)CCCC. The molecule has 3 unspecified atom stereocenters. The van der Waals surface area contributed by atoms with Gasteiger partial charge < -0.3 is 46.8 Å². The van der Waals surface area contributed by atoms with Crippen LogP contribution in [0.1, 0.15) is 196 Å². The maximum absolute atomic E-state index is 14.7. The summed E-state index contributed by atoms with van der Waals surface area (Å²) in [6.45, 7) is 13.6. The number of carbonyl (C=O) groups excluding carboxylic acids is 6. The second-order valence-electron chi connectivity index (χ2n) is 19.6. The van der Waals surface area contributed by atoms with Crippen molar-refractivity contribution in [2.45, 2.75) is 202 Å². The van der Waals surface area contributed by atoms with Crippen LogP contribution >= 0.6 is 0 Å². The Labute approximate surface area is 420 Å². The minimum Gasteiger partial charge on any atom is -0.376 e. The molecule has 0 bridgehead atoms. The molecule has 0 aliphatic rings. The lowest BCUT2D eigenvalue weighted by Crippen LogP contribution is -2.54. The molecule has 404 valence electrons. The van der Waals surface area contributed by atoms with Crippen molar-refractivity contribution in [1.82, 2.24) is 29.4 Å². The molecule has 0 radical (unpaired) electrons. The molecule has 0 aliphatic heterocycles. The molecule has 69 heavy (non-hydrogen) atoms. The summed E-state index contributed by atoms with van der Waals surface area (Å²) in [4.78, 5) is 89.7. The summed E-state index contributed by atoms with van der Waals surface area (Å²) in [5.74, 6) is -1.90. The third-order valence-corrected chi connectivity index (χ3v) is 13.5. The lowest BCUT2D eigenvalue weighted by Gasteiger charge is -2.36. The number of hydrogen-bond acceptors (Lipinski definition) is 10. The molecule has 0 saturated heterocycles. The lowest BCUT2D eigenvalue weighted by molar-refractivity contribution is -0.147. The first-order chi connectivity index (χ1) is 33.3. The number of nitrogens with zero attached hydrogens (tertiary/aromatic N) is 6. The molecule has 0 saturated carbocycles. The number of aliphatic hydroxyl groups excluding tert-OH is 1. The number of primary amides is 1. The third kappa shape index (κ3) is 32.3. The van der Waals surface area contributed by atoms with E-state index in [2.05, 4.69) is 41.5 Å². The summed E-state index contributed by atoms with van der Waals surface area (Å²) in [6, 6.07) is 0. The van der Waals surface area contributed by atoms with Crippen molar-refractivity contribution in [3.63, 3.8) is 0 Å². The smallest absolute Gasteiger partial charge is 0.242 e. The molecule has 0 fully saturated rings. The average Bonchev–Trinajstić information content (AvgIpc) is 3.33. The van der Waals surface area contributed by atoms with Crippen molar-refractivity contribution >= 4 is 35.9 Å². The highest BCUT2D eigenvalue weighted by atomic mass is 16.3. The summed E-state index contributed by atoms with van der Waals surface area (Å²) < 4.78 is 0. The molecular weight excluding hydrogens is 875 g/mol. The van der Waals surface area contributed by atoms with E-state index in [1.54, 1.807) is 19.6 Å². The van der Waals surface area contributed by atoms with Crippen molar-refractivity contribution in [3.05, 3.63) is 0 Å². The Morgan fingerprint density at radius 1 is 0.449 bits per heavy atom. The van der Waals surface area contributed by atoms with Gasteiger partial charge in [0.1, 0.15) is 6.23 Å². The number of rotatable bonds is 48. The van der Waals surface area contributed by atoms with E-state index in [0.29, 0.717) is 26.2 Å². The fourth-order valence-corrected chi connectivity index (χ4v) is 8.86. The van der Waals surface area contributed by atoms with Gasteiger partial charge in [0.15, 0.2) is 0 Å². The first kappa shape index (κ1) is 65.7. The highest BCUT2D eigenvalue weighted by Crippen LogP contribution is 2.19. The zero-order valence-corrected chi connectivity index (χ0v) is 45.0. The monoisotopic (exact) mass is 980 g/mol. The Morgan fingerprint density at radius 3 is 1.28 bits per heavy atom. The van der Waals surface area contributed by atoms with E-state index < -0.39 is 23.9 Å². The molecule has 0 aromatic rings. The molecule has 0 spiro atoms. The Balaban J connectivity index is 6.75. The molecule has 7 N–H and O–H groups in total. The van der Waals surface area contributed by atoms with Gasteiger partial charge in [-0.2, -0.15) is 0 Å². The molecular formula is C53H105N9O7. The van der Waals surface area contributed by atoms with Crippen LogP contribution in [0.3, 0.4) is 0 Å². The van der Waals surface area contributed by atoms with Crippen LogP contribution in [0.5, 0.6) is 0 Å². The lowest BCUT2D eigenvalue weighted by atomic mass is 9.98. The normalized spacial score (nSPS) is 12.7. The first-order valence-corrected chi connectivity index (χ1v) is 27.7. The van der Waals surface area contributed by atoms with Gasteiger partial charge in [0.05, 0.1) is 39.3 Å². The second kappa shape index (κ2) is 43.4. The van der Waals surface area contributed by atoms with E-state index in [4.69, 9.17) is 17.2 Å². The van der Waals surface area contributed by atoms with Gasteiger partial charge in [0.25, 0.3) is 0 Å². The van der Waals surface area contributed by atoms with Crippen LogP contribution in [0.4, 0.5) is 0 Å². The minimum absolute atomic E-state index is 0.0276. The molecule has 0 rings (SSSR count). The molecule has 0 aromatic carbocycles. The van der Waals surface area contributed by atoms with Crippen molar-refractivity contribution in [1.29, 1.82) is 0 Å². The summed E-state index contributed by atoms with van der Waals surface area (Å²) in [7, 11) is 0. The predicted molar refractivity (Wildman–Crippen MR) is 281 cm³/mol. The fraction of sp³-hybridized carbons (Fsp3) is 0.887. The van der Waals surface area contributed by atoms with Crippen LogP contribution in [0.15, 0.2) is 0 Å². The van der Waals surface area contributed by atoms with Crippen molar-refractivity contribution < 1.29 is 33.9 Å². The van der Waals surface area contributed by atoms with Gasteiger partial charge in [-0.1, -0.05) is 170 Å². The van der Waals surface area contributed by atoms with Crippen LogP contribution in [-0.2, 0) is 28.8 Å². The standard InChI is InChI=1S/C53H105N9O7/c1-7-13-17-19-21-23-25-27-33-57(45-63)40-49(65)61(37-46(11-5)29-15-9-3)43-51(67)58(34-28-26-24-22-20-18-14-8-2)42-53(69)62(38-47(12-6)30-16-10-4)44-52(68)60(36-32-55)41-50(66)59(35-31-54)39-48(56)64/h45-47,51,67H,7-44,54-55H2,1-6H3,(H2,56,64). The van der Waals surface area contributed by atoms with Gasteiger partial charge in [0.2, 0.25) is 35.9 Å². The van der Waals surface area contributed by atoms with E-state index in [-0.39, 0.29) is 89.1 Å². The van der Waals surface area contributed by atoms with Gasteiger partial charge >= 0.3 is 0 Å². The minimum atomic E-state index is -1.19. The Kier molecular flexibility index (Phi) is 41.3. The van der Waals surface area contributed by atoms with E-state index in [0.717, 1.165) is 103 Å². The zero-order valence-electron chi connectivity index (χ0n) is 45.0. The topological polar surface area (TPSA) is 220 Å². The number of nitrogens with two attached hydrogens (primary N) is 3. The Morgan fingerprint density at radius 2 is 0.841 bits per heavy atom. The highest BCUT2D eigenvalue weighted by Gasteiger charge is 2.31. The van der Waals surface area contributed by atoms with Gasteiger partial charge in [0, 0.05) is 52.4 Å². The number of amides is 6. The molecule has 0 aliphatic carbocycles. The van der Waals surface area contributed by atoms with Crippen molar-refractivity contribution in [2.75, 3.05) is 91.6 Å². The maximum atomic E-state index is 14.7. The van der Waals surface area contributed by atoms with Gasteiger partial charge in [-0.25, -0.2) is 0 Å². The molecule has 0 aromatic heterocycles. The van der Waals surface area contributed by atoms with E-state index >= 15 is 0 Å². The van der Waals surface area contributed by atoms with Crippen LogP contribution in [-0.4, -0.2) is 168 Å². The summed E-state index contributed by atoms with van der Waals surface area (Å²) in [5.41, 5.74) is 17.1. The maximum Gasteiger partial charge on any atom is 0.242 e. The Bertz CT molecular complexity index is 1340. The first-order valence-electron chi connectivity index (χ1n) is 27.7. The summed E-state index contributed by atoms with van der Waals surface area (Å²) in [6.07, 6.45) is 24.6. The quantitative estimate of drug-likeness (QED) is 0.0295. The molecule has 6 amide bonds. The fourth-order valence-electron chi connectivity index (χ4n) is 8.86.